The van der Waals surface area contributed by atoms with E-state index in [9.17, 15) is 5.11 Å². The number of rotatable bonds is 5. The predicted molar refractivity (Wildman–Crippen MR) is 76.2 cm³/mol. The van der Waals surface area contributed by atoms with Gasteiger partial charge in [0, 0.05) is 24.6 Å². The number of β-amino-alcohol motifs (C(OH)–C–C–N with tert-alkyl or cyclic N) is 1. The Balaban J connectivity index is 1.77. The molecule has 0 unspecified atom stereocenters. The average Bonchev–Trinajstić information content (AvgIpc) is 2.47. The van der Waals surface area contributed by atoms with Crippen LogP contribution in [-0.4, -0.2) is 53.4 Å². The molecule has 1 N–H and O–H groups in total. The first-order valence-electron chi connectivity index (χ1n) is 6.37. The smallest absolute Gasteiger partial charge is 0.119 e. The van der Waals surface area contributed by atoms with Gasteiger partial charge < -0.3 is 9.84 Å². The first-order valence-corrected chi connectivity index (χ1v) is 7.52. The zero-order valence-corrected chi connectivity index (χ0v) is 11.6. The molecule has 102 valence electrons. The number of aliphatic hydroxyl groups excluding tert-OH is 1. The van der Waals surface area contributed by atoms with Gasteiger partial charge in [0.15, 0.2) is 0 Å². The molecule has 2 atom stereocenters. The van der Waals surface area contributed by atoms with E-state index in [0.29, 0.717) is 6.54 Å². The number of thioether (sulfide) groups is 1. The number of para-hydroxylation sites is 1. The molecule has 4 nitrogen and oxygen atoms in total. The van der Waals surface area contributed by atoms with Crippen molar-refractivity contribution < 1.29 is 9.84 Å². The lowest BCUT2D eigenvalue weighted by atomic mass is 10.2. The van der Waals surface area contributed by atoms with E-state index in [4.69, 9.17) is 10.00 Å². The van der Waals surface area contributed by atoms with Crippen LogP contribution >= 0.6 is 11.8 Å². The van der Waals surface area contributed by atoms with Gasteiger partial charge in [0.1, 0.15) is 24.5 Å². The normalized spacial score (nSPS) is 21.6. The van der Waals surface area contributed by atoms with Crippen LogP contribution in [-0.2, 0) is 0 Å². The predicted octanol–water partition coefficient (Wildman–Crippen LogP) is 1.37. The highest BCUT2D eigenvalue weighted by atomic mass is 32.2. The molecule has 0 radical (unpaired) electrons. The lowest BCUT2D eigenvalue weighted by molar-refractivity contribution is 0.0642. The van der Waals surface area contributed by atoms with Crippen LogP contribution in [0.2, 0.25) is 0 Å². The minimum absolute atomic E-state index is 0.0925. The van der Waals surface area contributed by atoms with Crippen LogP contribution in [0.3, 0.4) is 0 Å². The van der Waals surface area contributed by atoms with E-state index in [-0.39, 0.29) is 12.6 Å². The van der Waals surface area contributed by atoms with E-state index in [1.165, 1.54) is 0 Å². The number of ether oxygens (including phenoxy) is 1. The first-order chi connectivity index (χ1) is 9.29. The first kappa shape index (κ1) is 14.2. The summed E-state index contributed by atoms with van der Waals surface area (Å²) in [5.41, 5.74) is 0. The number of nitrogens with zero attached hydrogens (tertiary/aromatic N) is 2. The number of nitriles is 1. The Morgan fingerprint density at radius 1 is 1.47 bits per heavy atom. The Labute approximate surface area is 118 Å². The van der Waals surface area contributed by atoms with Crippen LogP contribution in [0.1, 0.15) is 0 Å². The molecule has 1 aromatic carbocycles. The van der Waals surface area contributed by atoms with Gasteiger partial charge >= 0.3 is 0 Å². The third-order valence-corrected chi connectivity index (χ3v) is 4.04. The second-order valence-electron chi connectivity index (χ2n) is 4.49. The van der Waals surface area contributed by atoms with Gasteiger partial charge in [0.25, 0.3) is 0 Å². The van der Waals surface area contributed by atoms with Crippen LogP contribution in [0.4, 0.5) is 0 Å². The van der Waals surface area contributed by atoms with Crippen molar-refractivity contribution in [3.8, 4) is 11.8 Å². The van der Waals surface area contributed by atoms with E-state index in [2.05, 4.69) is 6.07 Å². The van der Waals surface area contributed by atoms with Crippen molar-refractivity contribution in [2.24, 2.45) is 0 Å². The summed E-state index contributed by atoms with van der Waals surface area (Å²) in [6.07, 6.45) is -0.570. The number of aliphatic hydroxyl groups is 1. The molecule has 19 heavy (non-hydrogen) atoms. The number of hydrogen-bond acceptors (Lipinski definition) is 5. The summed E-state index contributed by atoms with van der Waals surface area (Å²) in [4.78, 5) is 2.04. The van der Waals surface area contributed by atoms with Gasteiger partial charge in [-0.05, 0) is 12.1 Å². The molecule has 0 aromatic heterocycles. The molecule has 0 aliphatic carbocycles. The monoisotopic (exact) mass is 278 g/mol. The van der Waals surface area contributed by atoms with E-state index >= 15 is 0 Å². The lowest BCUT2D eigenvalue weighted by Gasteiger charge is -2.32. The number of hydrogen-bond donors (Lipinski definition) is 1. The zero-order chi connectivity index (χ0) is 13.5. The Morgan fingerprint density at radius 3 is 3.00 bits per heavy atom. The lowest BCUT2D eigenvalue weighted by Crippen LogP contribution is -2.46. The van der Waals surface area contributed by atoms with Crippen LogP contribution in [0.5, 0.6) is 5.75 Å². The van der Waals surface area contributed by atoms with Gasteiger partial charge in [-0.3, -0.25) is 4.90 Å². The molecule has 1 aliphatic heterocycles. The summed E-state index contributed by atoms with van der Waals surface area (Å²) in [5, 5.41) is 19.1. The van der Waals surface area contributed by atoms with Crippen molar-refractivity contribution >= 4 is 11.8 Å². The summed E-state index contributed by atoms with van der Waals surface area (Å²) in [6.45, 7) is 1.60. The fourth-order valence-electron chi connectivity index (χ4n) is 2.01. The van der Waals surface area contributed by atoms with Crippen LogP contribution in [0.15, 0.2) is 30.3 Å². The molecular weight excluding hydrogens is 260 g/mol. The molecule has 0 spiro atoms. The third-order valence-electron chi connectivity index (χ3n) is 3.02. The highest BCUT2D eigenvalue weighted by Crippen LogP contribution is 2.16. The molecule has 0 bridgehead atoms. The maximum absolute atomic E-state index is 9.99. The maximum Gasteiger partial charge on any atom is 0.119 e. The fraction of sp³-hybridized carbons (Fsp3) is 0.500. The van der Waals surface area contributed by atoms with Gasteiger partial charge in [0.05, 0.1) is 6.07 Å². The van der Waals surface area contributed by atoms with Gasteiger partial charge in [-0.25, -0.2) is 0 Å². The molecule has 2 rings (SSSR count). The highest BCUT2D eigenvalue weighted by molar-refractivity contribution is 7.99. The van der Waals surface area contributed by atoms with Crippen LogP contribution in [0, 0.1) is 11.3 Å². The Kier molecular flexibility index (Phi) is 5.52. The van der Waals surface area contributed by atoms with Crippen LogP contribution in [0.25, 0.3) is 0 Å². The second-order valence-corrected chi connectivity index (χ2v) is 5.64. The molecule has 1 heterocycles. The SMILES string of the molecule is N#C[C@@H]1CSCCN1C[C@@H](O)COc1ccccc1. The van der Waals surface area contributed by atoms with Crippen molar-refractivity contribution in [2.45, 2.75) is 12.1 Å². The Bertz CT molecular complexity index is 421. The van der Waals surface area contributed by atoms with Gasteiger partial charge in [-0.15, -0.1) is 0 Å². The maximum atomic E-state index is 9.99. The van der Waals surface area contributed by atoms with Gasteiger partial charge in [0.2, 0.25) is 0 Å². The largest absolute Gasteiger partial charge is 0.491 e. The van der Waals surface area contributed by atoms with E-state index in [1.807, 2.05) is 35.2 Å². The molecule has 0 saturated carbocycles. The van der Waals surface area contributed by atoms with Crippen molar-refractivity contribution in [1.29, 1.82) is 5.26 Å². The van der Waals surface area contributed by atoms with Gasteiger partial charge in [-0.1, -0.05) is 18.2 Å². The van der Waals surface area contributed by atoms with Crippen molar-refractivity contribution in [1.82, 2.24) is 4.90 Å². The summed E-state index contributed by atoms with van der Waals surface area (Å²) in [6, 6.07) is 11.6. The van der Waals surface area contributed by atoms with Crippen LogP contribution < -0.4 is 4.74 Å². The molecule has 1 aliphatic rings. The summed E-state index contributed by atoms with van der Waals surface area (Å²) in [5.74, 6) is 2.60. The molecule has 0 amide bonds. The van der Waals surface area contributed by atoms with Crippen molar-refractivity contribution in [2.75, 3.05) is 31.2 Å². The molecule has 5 heteroatoms. The van der Waals surface area contributed by atoms with E-state index in [1.54, 1.807) is 11.8 Å². The third kappa shape index (κ3) is 4.43. The highest BCUT2D eigenvalue weighted by Gasteiger charge is 2.24. The number of benzene rings is 1. The van der Waals surface area contributed by atoms with E-state index < -0.39 is 6.10 Å². The standard InChI is InChI=1S/C14H18N2O2S/c15-8-12-11-19-7-6-16(12)9-13(17)10-18-14-4-2-1-3-5-14/h1-5,12-13,17H,6-7,9-11H2/t12-,13-/m1/s1. The molecule has 1 aromatic rings. The topological polar surface area (TPSA) is 56.5 Å². The summed E-state index contributed by atoms with van der Waals surface area (Å²) < 4.78 is 5.51. The minimum atomic E-state index is -0.570. The average molecular weight is 278 g/mol. The summed E-state index contributed by atoms with van der Waals surface area (Å²) in [7, 11) is 0. The van der Waals surface area contributed by atoms with Crippen molar-refractivity contribution in [3.05, 3.63) is 30.3 Å². The minimum Gasteiger partial charge on any atom is -0.491 e. The molecular formula is C14H18N2O2S. The quantitative estimate of drug-likeness (QED) is 0.881. The van der Waals surface area contributed by atoms with Gasteiger partial charge in [-0.2, -0.15) is 17.0 Å². The molecule has 1 fully saturated rings. The summed E-state index contributed by atoms with van der Waals surface area (Å²) >= 11 is 1.79. The zero-order valence-electron chi connectivity index (χ0n) is 10.7. The second kappa shape index (κ2) is 7.39. The Morgan fingerprint density at radius 2 is 2.26 bits per heavy atom. The molecule has 1 saturated heterocycles. The Hall–Kier alpha value is -1.22. The van der Waals surface area contributed by atoms with Crippen molar-refractivity contribution in [3.63, 3.8) is 0 Å². The van der Waals surface area contributed by atoms with E-state index in [0.717, 1.165) is 23.8 Å². The fourth-order valence-corrected chi connectivity index (χ4v) is 3.05.